The van der Waals surface area contributed by atoms with Crippen LogP contribution in [0, 0.1) is 0 Å². The van der Waals surface area contributed by atoms with E-state index in [1.165, 1.54) is 15.6 Å². The van der Waals surface area contributed by atoms with Gasteiger partial charge in [-0.1, -0.05) is 22.8 Å². The van der Waals surface area contributed by atoms with Gasteiger partial charge < -0.3 is 4.52 Å². The molecule has 1 fully saturated rings. The maximum Gasteiger partial charge on any atom is 0.252 e. The van der Waals surface area contributed by atoms with Crippen molar-refractivity contribution in [1.82, 2.24) is 19.3 Å². The summed E-state index contributed by atoms with van der Waals surface area (Å²) in [5, 5.41) is 6.43. The first-order valence-corrected chi connectivity index (χ1v) is 11.1. The standard InChI is InChI=1S/C17H17ClN4O3S2/c18-14-5-3-13(4-6-14)17-19-15(25-20-17)12-21-7-9-22(10-8-21)27(23,24)16-2-1-11-26-16/h1-6,11H,7-10,12H2. The number of sulfonamides is 1. The number of rotatable bonds is 5. The van der Waals surface area contributed by atoms with E-state index >= 15 is 0 Å². The summed E-state index contributed by atoms with van der Waals surface area (Å²) in [5.41, 5.74) is 0.835. The Hall–Kier alpha value is -1.78. The zero-order valence-corrected chi connectivity index (χ0v) is 16.7. The molecule has 1 aliphatic rings. The lowest BCUT2D eigenvalue weighted by atomic mass is 10.2. The normalized spacial score (nSPS) is 16.6. The van der Waals surface area contributed by atoms with Crippen molar-refractivity contribution in [2.24, 2.45) is 0 Å². The number of hydrogen-bond acceptors (Lipinski definition) is 7. The summed E-state index contributed by atoms with van der Waals surface area (Å²) in [6.45, 7) is 2.61. The van der Waals surface area contributed by atoms with Gasteiger partial charge in [0.1, 0.15) is 4.21 Å². The lowest BCUT2D eigenvalue weighted by Gasteiger charge is -2.32. The Kier molecular flexibility index (Phi) is 5.29. The molecule has 0 radical (unpaired) electrons. The number of nitrogens with zero attached hydrogens (tertiary/aromatic N) is 4. The van der Waals surface area contributed by atoms with Crippen LogP contribution in [0.5, 0.6) is 0 Å². The fourth-order valence-electron chi connectivity index (χ4n) is 2.89. The van der Waals surface area contributed by atoms with Gasteiger partial charge in [-0.05, 0) is 35.7 Å². The van der Waals surface area contributed by atoms with Crippen LogP contribution >= 0.6 is 22.9 Å². The summed E-state index contributed by atoms with van der Waals surface area (Å²) < 4.78 is 32.4. The summed E-state index contributed by atoms with van der Waals surface area (Å²) in [7, 11) is -3.39. The first kappa shape index (κ1) is 18.6. The number of halogens is 1. The van der Waals surface area contributed by atoms with E-state index in [1.54, 1.807) is 29.6 Å². The molecule has 142 valence electrons. The smallest absolute Gasteiger partial charge is 0.252 e. The molecule has 1 saturated heterocycles. The molecule has 1 aromatic carbocycles. The molecule has 2 aromatic heterocycles. The van der Waals surface area contributed by atoms with E-state index in [-0.39, 0.29) is 0 Å². The van der Waals surface area contributed by atoms with Gasteiger partial charge in [0, 0.05) is 36.8 Å². The molecule has 3 aromatic rings. The van der Waals surface area contributed by atoms with Crippen LogP contribution in [0.15, 0.2) is 50.5 Å². The maximum atomic E-state index is 12.6. The number of aromatic nitrogens is 2. The van der Waals surface area contributed by atoms with Crippen molar-refractivity contribution in [2.45, 2.75) is 10.8 Å². The van der Waals surface area contributed by atoms with E-state index in [0.717, 1.165) is 5.56 Å². The van der Waals surface area contributed by atoms with Crippen LogP contribution < -0.4 is 0 Å². The molecule has 3 heterocycles. The Morgan fingerprint density at radius 2 is 1.85 bits per heavy atom. The topological polar surface area (TPSA) is 79.5 Å². The van der Waals surface area contributed by atoms with Crippen molar-refractivity contribution in [3.63, 3.8) is 0 Å². The Balaban J connectivity index is 1.37. The number of benzene rings is 1. The fraction of sp³-hybridized carbons (Fsp3) is 0.294. The van der Waals surface area contributed by atoms with Crippen molar-refractivity contribution in [3.05, 3.63) is 52.7 Å². The van der Waals surface area contributed by atoms with Crippen LogP contribution in [0.1, 0.15) is 5.89 Å². The van der Waals surface area contributed by atoms with Crippen molar-refractivity contribution in [1.29, 1.82) is 0 Å². The van der Waals surface area contributed by atoms with Gasteiger partial charge in [-0.2, -0.15) is 9.29 Å². The third kappa shape index (κ3) is 4.07. The van der Waals surface area contributed by atoms with Crippen LogP contribution in [0.4, 0.5) is 0 Å². The Bertz CT molecular complexity index is 995. The minimum absolute atomic E-state index is 0.389. The maximum absolute atomic E-state index is 12.6. The van der Waals surface area contributed by atoms with Gasteiger partial charge in [0.05, 0.1) is 6.54 Å². The van der Waals surface area contributed by atoms with Gasteiger partial charge in [-0.15, -0.1) is 11.3 Å². The van der Waals surface area contributed by atoms with Crippen LogP contribution in [-0.2, 0) is 16.6 Å². The van der Waals surface area contributed by atoms with Crippen LogP contribution in [0.2, 0.25) is 5.02 Å². The second-order valence-corrected chi connectivity index (χ2v) is 9.68. The van der Waals surface area contributed by atoms with E-state index in [0.29, 0.717) is 53.7 Å². The molecular weight excluding hydrogens is 408 g/mol. The summed E-state index contributed by atoms with van der Waals surface area (Å²) >= 11 is 7.14. The SMILES string of the molecule is O=S(=O)(c1cccs1)N1CCN(Cc2nc(-c3ccc(Cl)cc3)no2)CC1. The zero-order chi connectivity index (χ0) is 18.9. The number of piperazine rings is 1. The summed E-state index contributed by atoms with van der Waals surface area (Å²) in [4.78, 5) is 6.53. The van der Waals surface area contributed by atoms with Crippen molar-refractivity contribution in [3.8, 4) is 11.4 Å². The molecule has 0 aliphatic carbocycles. The van der Waals surface area contributed by atoms with Gasteiger partial charge in [-0.3, -0.25) is 4.90 Å². The first-order valence-electron chi connectivity index (χ1n) is 8.37. The van der Waals surface area contributed by atoms with Gasteiger partial charge >= 0.3 is 0 Å². The minimum atomic E-state index is -3.39. The third-order valence-electron chi connectivity index (χ3n) is 4.35. The highest BCUT2D eigenvalue weighted by Gasteiger charge is 2.29. The van der Waals surface area contributed by atoms with Crippen molar-refractivity contribution >= 4 is 33.0 Å². The number of hydrogen-bond donors (Lipinski definition) is 0. The molecule has 7 nitrogen and oxygen atoms in total. The summed E-state index contributed by atoms with van der Waals surface area (Å²) in [6.07, 6.45) is 0. The largest absolute Gasteiger partial charge is 0.338 e. The zero-order valence-electron chi connectivity index (χ0n) is 14.3. The highest BCUT2D eigenvalue weighted by atomic mass is 35.5. The lowest BCUT2D eigenvalue weighted by molar-refractivity contribution is 0.163. The van der Waals surface area contributed by atoms with E-state index in [9.17, 15) is 8.42 Å². The van der Waals surface area contributed by atoms with Gasteiger partial charge in [0.25, 0.3) is 10.0 Å². The number of thiophene rings is 1. The van der Waals surface area contributed by atoms with Gasteiger partial charge in [0.15, 0.2) is 0 Å². The molecule has 0 amide bonds. The monoisotopic (exact) mass is 424 g/mol. The highest BCUT2D eigenvalue weighted by molar-refractivity contribution is 7.91. The van der Waals surface area contributed by atoms with Crippen molar-refractivity contribution < 1.29 is 12.9 Å². The first-order chi connectivity index (χ1) is 13.0. The van der Waals surface area contributed by atoms with E-state index in [2.05, 4.69) is 15.0 Å². The van der Waals surface area contributed by atoms with Crippen LogP contribution in [0.25, 0.3) is 11.4 Å². The van der Waals surface area contributed by atoms with Crippen molar-refractivity contribution in [2.75, 3.05) is 26.2 Å². The predicted octanol–water partition coefficient (Wildman–Crippen LogP) is 2.96. The molecular formula is C17H17ClN4O3S2. The van der Waals surface area contributed by atoms with E-state index in [4.69, 9.17) is 16.1 Å². The molecule has 27 heavy (non-hydrogen) atoms. The van der Waals surface area contributed by atoms with Gasteiger partial charge in [-0.25, -0.2) is 8.42 Å². The average Bonchev–Trinajstić information content (AvgIpc) is 3.35. The molecule has 0 bridgehead atoms. The fourth-order valence-corrected chi connectivity index (χ4v) is 5.58. The second-order valence-electron chi connectivity index (χ2n) is 6.13. The molecule has 4 rings (SSSR count). The molecule has 0 atom stereocenters. The Labute approximate surface area is 166 Å². The van der Waals surface area contributed by atoms with E-state index < -0.39 is 10.0 Å². The van der Waals surface area contributed by atoms with Crippen LogP contribution in [0.3, 0.4) is 0 Å². The van der Waals surface area contributed by atoms with Crippen LogP contribution in [-0.4, -0.2) is 53.9 Å². The third-order valence-corrected chi connectivity index (χ3v) is 7.87. The minimum Gasteiger partial charge on any atom is -0.338 e. The molecule has 0 spiro atoms. The molecule has 1 aliphatic heterocycles. The average molecular weight is 425 g/mol. The Morgan fingerprint density at radius 1 is 1.11 bits per heavy atom. The molecule has 10 heteroatoms. The second kappa shape index (κ2) is 7.69. The molecule has 0 unspecified atom stereocenters. The predicted molar refractivity (Wildman–Crippen MR) is 103 cm³/mol. The van der Waals surface area contributed by atoms with Gasteiger partial charge in [0.2, 0.25) is 11.7 Å². The molecule has 0 N–H and O–H groups in total. The van der Waals surface area contributed by atoms with E-state index in [1.807, 2.05) is 12.1 Å². The highest BCUT2D eigenvalue weighted by Crippen LogP contribution is 2.23. The summed E-state index contributed by atoms with van der Waals surface area (Å²) in [6, 6.07) is 10.6. The Morgan fingerprint density at radius 3 is 2.52 bits per heavy atom. The summed E-state index contributed by atoms with van der Waals surface area (Å²) in [5.74, 6) is 1.02. The molecule has 0 saturated carbocycles. The quantitative estimate of drug-likeness (QED) is 0.626. The lowest BCUT2D eigenvalue weighted by Crippen LogP contribution is -2.48.